The van der Waals surface area contributed by atoms with Crippen molar-refractivity contribution in [2.45, 2.75) is 38.6 Å². The molecule has 0 aliphatic heterocycles. The summed E-state index contributed by atoms with van der Waals surface area (Å²) < 4.78 is 12.8. The van der Waals surface area contributed by atoms with Crippen LogP contribution in [0.1, 0.15) is 60.1 Å². The number of amides is 2. The SMILES string of the molecule is CC(C)c1ccc(C(N)CNC(=O)CCCNC(=O)c2ccc(F)cc2)cc1.Cl. The second-order valence-electron chi connectivity index (χ2n) is 7.10. The molecule has 7 heteroatoms. The van der Waals surface area contributed by atoms with Crippen molar-refractivity contribution in [2.24, 2.45) is 5.73 Å². The zero-order valence-corrected chi connectivity index (χ0v) is 17.6. The first-order valence-electron chi connectivity index (χ1n) is 9.52. The van der Waals surface area contributed by atoms with Crippen molar-refractivity contribution in [3.05, 3.63) is 71.0 Å². The van der Waals surface area contributed by atoms with Crippen molar-refractivity contribution in [1.29, 1.82) is 0 Å². The number of hydrogen-bond acceptors (Lipinski definition) is 3. The molecule has 0 heterocycles. The standard InChI is InChI=1S/C22H28FN3O2.ClH/c1-15(2)16-5-7-17(8-6-16)20(24)14-26-21(27)4-3-13-25-22(28)18-9-11-19(23)12-10-18;/h5-12,15,20H,3-4,13-14,24H2,1-2H3,(H,25,28)(H,26,27);1H. The summed E-state index contributed by atoms with van der Waals surface area (Å²) in [5.74, 6) is -0.312. The summed E-state index contributed by atoms with van der Waals surface area (Å²) in [6, 6.07) is 13.2. The molecule has 2 amide bonds. The van der Waals surface area contributed by atoms with Gasteiger partial charge in [0, 0.05) is 31.1 Å². The Bertz CT molecular complexity index is 780. The summed E-state index contributed by atoms with van der Waals surface area (Å²) in [7, 11) is 0. The van der Waals surface area contributed by atoms with Crippen LogP contribution in [-0.2, 0) is 4.79 Å². The zero-order chi connectivity index (χ0) is 20.5. The van der Waals surface area contributed by atoms with E-state index in [0.29, 0.717) is 37.4 Å². The van der Waals surface area contributed by atoms with Crippen LogP contribution in [0.3, 0.4) is 0 Å². The van der Waals surface area contributed by atoms with Crippen molar-refractivity contribution >= 4 is 24.2 Å². The molecule has 158 valence electrons. The second kappa shape index (κ2) is 12.2. The van der Waals surface area contributed by atoms with Crippen LogP contribution in [0.25, 0.3) is 0 Å². The van der Waals surface area contributed by atoms with Gasteiger partial charge in [0.1, 0.15) is 5.82 Å². The maximum Gasteiger partial charge on any atom is 0.251 e. The molecule has 0 aromatic heterocycles. The molecule has 1 atom stereocenters. The molecule has 5 nitrogen and oxygen atoms in total. The van der Waals surface area contributed by atoms with Gasteiger partial charge in [0.05, 0.1) is 0 Å². The number of hydrogen-bond donors (Lipinski definition) is 3. The van der Waals surface area contributed by atoms with Gasteiger partial charge < -0.3 is 16.4 Å². The normalized spacial score (nSPS) is 11.5. The Kier molecular flexibility index (Phi) is 10.3. The Hall–Kier alpha value is -2.44. The summed E-state index contributed by atoms with van der Waals surface area (Å²) in [6.45, 7) is 5.00. The van der Waals surface area contributed by atoms with Gasteiger partial charge in [0.2, 0.25) is 5.91 Å². The van der Waals surface area contributed by atoms with E-state index in [1.165, 1.54) is 29.8 Å². The van der Waals surface area contributed by atoms with Crippen LogP contribution in [0.2, 0.25) is 0 Å². The Morgan fingerprint density at radius 1 is 0.966 bits per heavy atom. The smallest absolute Gasteiger partial charge is 0.251 e. The number of rotatable bonds is 9. The van der Waals surface area contributed by atoms with Gasteiger partial charge in [-0.2, -0.15) is 0 Å². The van der Waals surface area contributed by atoms with E-state index >= 15 is 0 Å². The summed E-state index contributed by atoms with van der Waals surface area (Å²) >= 11 is 0. The van der Waals surface area contributed by atoms with Gasteiger partial charge in [0.15, 0.2) is 0 Å². The highest BCUT2D eigenvalue weighted by Crippen LogP contribution is 2.17. The monoisotopic (exact) mass is 421 g/mol. The van der Waals surface area contributed by atoms with Gasteiger partial charge in [-0.05, 0) is 47.7 Å². The molecule has 1 unspecified atom stereocenters. The number of nitrogens with one attached hydrogen (secondary N) is 2. The Labute approximate surface area is 177 Å². The van der Waals surface area contributed by atoms with E-state index in [1.54, 1.807) is 0 Å². The first-order chi connectivity index (χ1) is 13.4. The molecule has 0 aliphatic rings. The predicted octanol–water partition coefficient (Wildman–Crippen LogP) is 3.70. The summed E-state index contributed by atoms with van der Waals surface area (Å²) in [5.41, 5.74) is 8.76. The number of carbonyl (C=O) groups is 2. The zero-order valence-electron chi connectivity index (χ0n) is 16.8. The number of nitrogens with two attached hydrogens (primary N) is 1. The minimum Gasteiger partial charge on any atom is -0.354 e. The molecule has 0 bridgehead atoms. The van der Waals surface area contributed by atoms with Gasteiger partial charge in [0.25, 0.3) is 5.91 Å². The van der Waals surface area contributed by atoms with Crippen LogP contribution in [-0.4, -0.2) is 24.9 Å². The third kappa shape index (κ3) is 8.21. The fourth-order valence-electron chi connectivity index (χ4n) is 2.71. The molecule has 0 saturated heterocycles. The molecular weight excluding hydrogens is 393 g/mol. The molecule has 0 aliphatic carbocycles. The van der Waals surface area contributed by atoms with Crippen LogP contribution >= 0.6 is 12.4 Å². The van der Waals surface area contributed by atoms with E-state index in [1.807, 2.05) is 12.1 Å². The Morgan fingerprint density at radius 2 is 1.55 bits per heavy atom. The summed E-state index contributed by atoms with van der Waals surface area (Å²) in [5, 5.41) is 5.54. The van der Waals surface area contributed by atoms with E-state index in [9.17, 15) is 14.0 Å². The quantitative estimate of drug-likeness (QED) is 0.540. The van der Waals surface area contributed by atoms with Gasteiger partial charge in [-0.25, -0.2) is 4.39 Å². The lowest BCUT2D eigenvalue weighted by molar-refractivity contribution is -0.121. The second-order valence-corrected chi connectivity index (χ2v) is 7.10. The van der Waals surface area contributed by atoms with Crippen molar-refractivity contribution in [1.82, 2.24) is 10.6 Å². The van der Waals surface area contributed by atoms with E-state index < -0.39 is 0 Å². The molecule has 4 N–H and O–H groups in total. The Morgan fingerprint density at radius 3 is 2.14 bits per heavy atom. The van der Waals surface area contributed by atoms with E-state index in [2.05, 4.69) is 36.6 Å². The molecule has 0 saturated carbocycles. The number of benzene rings is 2. The minimum atomic E-state index is -0.387. The summed E-state index contributed by atoms with van der Waals surface area (Å²) in [4.78, 5) is 23.8. The average Bonchev–Trinajstić information content (AvgIpc) is 2.69. The molecule has 0 radical (unpaired) electrons. The van der Waals surface area contributed by atoms with Crippen molar-refractivity contribution < 1.29 is 14.0 Å². The van der Waals surface area contributed by atoms with Crippen LogP contribution in [0.15, 0.2) is 48.5 Å². The van der Waals surface area contributed by atoms with Crippen LogP contribution in [0, 0.1) is 5.82 Å². The highest BCUT2D eigenvalue weighted by Gasteiger charge is 2.10. The topological polar surface area (TPSA) is 84.2 Å². The van der Waals surface area contributed by atoms with E-state index in [0.717, 1.165) is 5.56 Å². The van der Waals surface area contributed by atoms with Crippen molar-refractivity contribution in [3.63, 3.8) is 0 Å². The van der Waals surface area contributed by atoms with Crippen LogP contribution in [0.4, 0.5) is 4.39 Å². The first kappa shape index (κ1) is 24.6. The number of carbonyl (C=O) groups excluding carboxylic acids is 2. The van der Waals surface area contributed by atoms with Crippen LogP contribution < -0.4 is 16.4 Å². The highest BCUT2D eigenvalue weighted by molar-refractivity contribution is 5.94. The third-order valence-corrected chi connectivity index (χ3v) is 4.52. The van der Waals surface area contributed by atoms with Crippen molar-refractivity contribution in [3.8, 4) is 0 Å². The van der Waals surface area contributed by atoms with E-state index in [4.69, 9.17) is 5.73 Å². The summed E-state index contributed by atoms with van der Waals surface area (Å²) in [6.07, 6.45) is 0.805. The lowest BCUT2D eigenvalue weighted by Crippen LogP contribution is -2.32. The fraction of sp³-hybridized carbons (Fsp3) is 0.364. The third-order valence-electron chi connectivity index (χ3n) is 4.52. The molecule has 2 aromatic rings. The van der Waals surface area contributed by atoms with Gasteiger partial charge in [-0.15, -0.1) is 12.4 Å². The highest BCUT2D eigenvalue weighted by atomic mass is 35.5. The molecule has 0 fully saturated rings. The van der Waals surface area contributed by atoms with Gasteiger partial charge in [-0.1, -0.05) is 38.1 Å². The van der Waals surface area contributed by atoms with E-state index in [-0.39, 0.29) is 36.1 Å². The average molecular weight is 422 g/mol. The Balaban J connectivity index is 0.00000420. The maximum atomic E-state index is 12.8. The molecule has 0 spiro atoms. The van der Waals surface area contributed by atoms with Gasteiger partial charge >= 0.3 is 0 Å². The molecule has 29 heavy (non-hydrogen) atoms. The lowest BCUT2D eigenvalue weighted by Gasteiger charge is -2.14. The van der Waals surface area contributed by atoms with Crippen LogP contribution in [0.5, 0.6) is 0 Å². The minimum absolute atomic E-state index is 0. The molecule has 2 rings (SSSR count). The largest absolute Gasteiger partial charge is 0.354 e. The maximum absolute atomic E-state index is 12.8. The van der Waals surface area contributed by atoms with Gasteiger partial charge in [-0.3, -0.25) is 9.59 Å². The molecular formula is C22H29ClFN3O2. The fourth-order valence-corrected chi connectivity index (χ4v) is 2.71. The van der Waals surface area contributed by atoms with Crippen molar-refractivity contribution in [2.75, 3.05) is 13.1 Å². The lowest BCUT2D eigenvalue weighted by atomic mass is 9.99. The predicted molar refractivity (Wildman–Crippen MR) is 116 cm³/mol. The number of halogens is 2. The molecule has 2 aromatic carbocycles. The first-order valence-corrected chi connectivity index (χ1v) is 9.52.